The summed E-state index contributed by atoms with van der Waals surface area (Å²) >= 11 is 0. The van der Waals surface area contributed by atoms with Crippen molar-refractivity contribution in [3.63, 3.8) is 0 Å². The van der Waals surface area contributed by atoms with Crippen LogP contribution in [0.3, 0.4) is 0 Å². The number of nitrogens with one attached hydrogen (secondary N) is 1. The molecular weight excluding hydrogens is 416 g/mol. The molecule has 2 heterocycles. The zero-order valence-corrected chi connectivity index (χ0v) is 20.0. The second kappa shape index (κ2) is 8.66. The standard InChI is InChI=1S/C26H38N4O3/c1-3-17(2)28-24-27-14-20-22(29-24)21(18-4-6-19(31)7-5-18)15-30(23(20)32)16-25-8-11-26(33,12-9-25)13-10-25/h14-15,17-19,31,33H,3-13,16H2,1-2H3,(H,27,28,29)/t17-,18?,19?,25?,26?/m0/s1. The number of pyridine rings is 1. The first-order valence-electron chi connectivity index (χ1n) is 12.9. The highest BCUT2D eigenvalue weighted by Gasteiger charge is 2.47. The Labute approximate surface area is 195 Å². The fourth-order valence-corrected chi connectivity index (χ4v) is 6.24. The average molecular weight is 455 g/mol. The molecule has 0 aliphatic heterocycles. The third-order valence-corrected chi connectivity index (χ3v) is 8.84. The quantitative estimate of drug-likeness (QED) is 0.607. The van der Waals surface area contributed by atoms with Crippen LogP contribution >= 0.6 is 0 Å². The van der Waals surface area contributed by atoms with Gasteiger partial charge in [-0.05, 0) is 94.4 Å². The van der Waals surface area contributed by atoms with E-state index < -0.39 is 5.60 Å². The minimum absolute atomic E-state index is 0.0135. The number of nitrogens with zero attached hydrogens (tertiary/aromatic N) is 3. The third-order valence-electron chi connectivity index (χ3n) is 8.84. The van der Waals surface area contributed by atoms with E-state index in [1.54, 1.807) is 6.20 Å². The lowest BCUT2D eigenvalue weighted by atomic mass is 9.58. The van der Waals surface area contributed by atoms with E-state index in [9.17, 15) is 15.0 Å². The molecule has 33 heavy (non-hydrogen) atoms. The van der Waals surface area contributed by atoms with Crippen molar-refractivity contribution >= 4 is 16.9 Å². The lowest BCUT2D eigenvalue weighted by Crippen LogP contribution is -2.48. The highest BCUT2D eigenvalue weighted by Crippen LogP contribution is 2.53. The molecule has 0 saturated heterocycles. The predicted octanol–water partition coefficient (Wildman–Crippen LogP) is 4.11. The van der Waals surface area contributed by atoms with Gasteiger partial charge in [-0.25, -0.2) is 9.97 Å². The number of hydrogen-bond donors (Lipinski definition) is 3. The number of aliphatic hydroxyl groups excluding tert-OH is 1. The summed E-state index contributed by atoms with van der Waals surface area (Å²) in [5.41, 5.74) is 1.49. The Bertz CT molecular complexity index is 1050. The lowest BCUT2D eigenvalue weighted by molar-refractivity contribution is -0.0971. The van der Waals surface area contributed by atoms with Gasteiger partial charge < -0.3 is 20.1 Å². The topological polar surface area (TPSA) is 100 Å². The van der Waals surface area contributed by atoms with E-state index in [-0.39, 0.29) is 29.0 Å². The second-order valence-electron chi connectivity index (χ2n) is 11.2. The number of aliphatic hydroxyl groups is 2. The molecule has 0 amide bonds. The normalized spacial score (nSPS) is 32.7. The number of aromatic nitrogens is 3. The highest BCUT2D eigenvalue weighted by molar-refractivity contribution is 5.81. The molecule has 2 aromatic rings. The van der Waals surface area contributed by atoms with Gasteiger partial charge >= 0.3 is 0 Å². The van der Waals surface area contributed by atoms with Crippen molar-refractivity contribution in [3.05, 3.63) is 28.3 Å². The van der Waals surface area contributed by atoms with Crippen molar-refractivity contribution in [2.24, 2.45) is 5.41 Å². The Kier molecular flexibility index (Phi) is 5.98. The molecule has 6 rings (SSSR count). The van der Waals surface area contributed by atoms with E-state index in [4.69, 9.17) is 4.98 Å². The van der Waals surface area contributed by atoms with Crippen LogP contribution < -0.4 is 10.9 Å². The van der Waals surface area contributed by atoms with Crippen molar-refractivity contribution in [2.45, 2.75) is 115 Å². The molecule has 7 nitrogen and oxygen atoms in total. The van der Waals surface area contributed by atoms with Crippen molar-refractivity contribution in [1.82, 2.24) is 14.5 Å². The van der Waals surface area contributed by atoms with Crippen LogP contribution in [0.5, 0.6) is 0 Å². The average Bonchev–Trinajstić information content (AvgIpc) is 2.82. The molecule has 4 fully saturated rings. The van der Waals surface area contributed by atoms with E-state index in [0.29, 0.717) is 17.9 Å². The van der Waals surface area contributed by atoms with Crippen molar-refractivity contribution in [3.8, 4) is 0 Å². The number of fused-ring (bicyclic) bond motifs is 4. The first kappa shape index (κ1) is 22.8. The van der Waals surface area contributed by atoms with E-state index in [0.717, 1.165) is 81.7 Å². The van der Waals surface area contributed by atoms with E-state index >= 15 is 0 Å². The Morgan fingerprint density at radius 1 is 1.15 bits per heavy atom. The number of rotatable bonds is 6. The number of anilines is 1. The smallest absolute Gasteiger partial charge is 0.261 e. The van der Waals surface area contributed by atoms with Gasteiger partial charge in [0.05, 0.1) is 22.6 Å². The Balaban J connectivity index is 1.55. The van der Waals surface area contributed by atoms with Crippen LogP contribution in [0.2, 0.25) is 0 Å². The maximum absolute atomic E-state index is 13.6. The van der Waals surface area contributed by atoms with Crippen molar-refractivity contribution in [1.29, 1.82) is 0 Å². The van der Waals surface area contributed by atoms with Gasteiger partial charge in [0.1, 0.15) is 0 Å². The van der Waals surface area contributed by atoms with Crippen LogP contribution in [0.4, 0.5) is 5.95 Å². The SMILES string of the molecule is CC[C@H](C)Nc1ncc2c(=O)n(CC34CCC(O)(CC3)CC4)cc(C3CCC(O)CC3)c2n1. The van der Waals surface area contributed by atoms with Gasteiger partial charge in [-0.2, -0.15) is 0 Å². The largest absolute Gasteiger partial charge is 0.393 e. The molecule has 0 aromatic carbocycles. The zero-order chi connectivity index (χ0) is 23.2. The summed E-state index contributed by atoms with van der Waals surface area (Å²) in [6.45, 7) is 4.92. The lowest BCUT2D eigenvalue weighted by Gasteiger charge is -2.51. The Morgan fingerprint density at radius 2 is 1.82 bits per heavy atom. The minimum Gasteiger partial charge on any atom is -0.393 e. The molecule has 0 unspecified atom stereocenters. The summed E-state index contributed by atoms with van der Waals surface area (Å²) in [6.07, 6.45) is 13.4. The first-order chi connectivity index (χ1) is 15.8. The molecule has 0 spiro atoms. The highest BCUT2D eigenvalue weighted by atomic mass is 16.3. The monoisotopic (exact) mass is 454 g/mol. The zero-order valence-electron chi connectivity index (χ0n) is 20.0. The Morgan fingerprint density at radius 3 is 2.45 bits per heavy atom. The van der Waals surface area contributed by atoms with E-state index in [1.807, 2.05) is 4.57 Å². The maximum Gasteiger partial charge on any atom is 0.261 e. The molecule has 1 atom stereocenters. The number of hydrogen-bond acceptors (Lipinski definition) is 6. The van der Waals surface area contributed by atoms with Gasteiger partial charge in [-0.1, -0.05) is 6.92 Å². The molecule has 4 aliphatic carbocycles. The molecule has 7 heteroatoms. The predicted molar refractivity (Wildman–Crippen MR) is 129 cm³/mol. The van der Waals surface area contributed by atoms with Gasteiger partial charge in [-0.15, -0.1) is 0 Å². The van der Waals surface area contributed by atoms with Crippen LogP contribution in [0.1, 0.15) is 96.0 Å². The van der Waals surface area contributed by atoms with Crippen molar-refractivity contribution < 1.29 is 10.2 Å². The molecule has 3 N–H and O–H groups in total. The van der Waals surface area contributed by atoms with Crippen molar-refractivity contribution in [2.75, 3.05) is 5.32 Å². The van der Waals surface area contributed by atoms with Gasteiger partial charge in [-0.3, -0.25) is 4.79 Å². The second-order valence-corrected chi connectivity index (χ2v) is 11.2. The summed E-state index contributed by atoms with van der Waals surface area (Å²) in [5.74, 6) is 0.859. The molecule has 4 aliphatic rings. The molecule has 0 radical (unpaired) electrons. The van der Waals surface area contributed by atoms with Crippen LogP contribution in [0, 0.1) is 5.41 Å². The van der Waals surface area contributed by atoms with Crippen LogP contribution in [-0.4, -0.2) is 42.5 Å². The molecule has 180 valence electrons. The van der Waals surface area contributed by atoms with E-state index in [2.05, 4.69) is 30.3 Å². The third kappa shape index (κ3) is 4.42. The summed E-state index contributed by atoms with van der Waals surface area (Å²) in [7, 11) is 0. The van der Waals surface area contributed by atoms with Crippen LogP contribution in [0.25, 0.3) is 10.9 Å². The van der Waals surface area contributed by atoms with Crippen LogP contribution in [0.15, 0.2) is 17.2 Å². The Hall–Kier alpha value is -1.99. The van der Waals surface area contributed by atoms with Gasteiger partial charge in [0.15, 0.2) is 0 Å². The fourth-order valence-electron chi connectivity index (χ4n) is 6.24. The summed E-state index contributed by atoms with van der Waals surface area (Å²) < 4.78 is 1.92. The minimum atomic E-state index is -0.475. The molecule has 2 bridgehead atoms. The van der Waals surface area contributed by atoms with Gasteiger partial charge in [0.2, 0.25) is 5.95 Å². The van der Waals surface area contributed by atoms with Gasteiger partial charge in [0.25, 0.3) is 5.56 Å². The summed E-state index contributed by atoms with van der Waals surface area (Å²) in [4.78, 5) is 22.9. The molecular formula is C26H38N4O3. The summed E-state index contributed by atoms with van der Waals surface area (Å²) in [6, 6.07) is 0.256. The fraction of sp³-hybridized carbons (Fsp3) is 0.731. The first-order valence-corrected chi connectivity index (χ1v) is 12.9. The van der Waals surface area contributed by atoms with Gasteiger partial charge in [0, 0.05) is 25.0 Å². The molecule has 2 aromatic heterocycles. The van der Waals surface area contributed by atoms with Crippen LogP contribution in [-0.2, 0) is 6.54 Å². The van der Waals surface area contributed by atoms with E-state index in [1.165, 1.54) is 0 Å². The maximum atomic E-state index is 13.6. The molecule has 4 saturated carbocycles. The summed E-state index contributed by atoms with van der Waals surface area (Å²) in [5, 5.41) is 24.6.